The first-order valence-corrected chi connectivity index (χ1v) is 12.1. The van der Waals surface area contributed by atoms with Gasteiger partial charge in [-0.25, -0.2) is 0 Å². The van der Waals surface area contributed by atoms with Crippen LogP contribution < -0.4 is 5.32 Å². The lowest BCUT2D eigenvalue weighted by Gasteiger charge is -2.46. The number of nitrogens with zero attached hydrogens (tertiary/aromatic N) is 1. The number of amides is 2. The van der Waals surface area contributed by atoms with Crippen molar-refractivity contribution in [3.63, 3.8) is 0 Å². The van der Waals surface area contributed by atoms with Gasteiger partial charge in [0.2, 0.25) is 11.8 Å². The Hall–Kier alpha value is -2.27. The molecule has 2 N–H and O–H groups in total. The standard InChI is InChI=1S/C21H24Cl2N2O7S/c1-3-32-18(29)6-7-33(31)11-12(2)20-19(21(30)25(20)10-17(27)28)24-16(26)9-13-8-14(22)4-5-15(13)23/h4-5,8,11,19-20H,3,6-7,9-10H2,1-2H3,(H,24,26)(H,27,28). The van der Waals surface area contributed by atoms with E-state index in [2.05, 4.69) is 5.32 Å². The number of likely N-dealkylation sites (tertiary alicyclic amines) is 1. The zero-order valence-corrected chi connectivity index (χ0v) is 20.3. The zero-order valence-electron chi connectivity index (χ0n) is 18.0. The summed E-state index contributed by atoms with van der Waals surface area (Å²) in [6.07, 6.45) is -0.184. The molecule has 0 spiro atoms. The van der Waals surface area contributed by atoms with Crippen LogP contribution in [0.25, 0.3) is 0 Å². The van der Waals surface area contributed by atoms with Gasteiger partial charge < -0.3 is 24.6 Å². The number of carboxylic acids is 1. The number of halogens is 2. The van der Waals surface area contributed by atoms with Crippen LogP contribution in [0.1, 0.15) is 25.8 Å². The van der Waals surface area contributed by atoms with Gasteiger partial charge in [-0.15, -0.1) is 0 Å². The maximum atomic E-state index is 12.6. The lowest BCUT2D eigenvalue weighted by atomic mass is 9.89. The molecule has 1 fully saturated rings. The Kier molecular flexibility index (Phi) is 10.0. The summed E-state index contributed by atoms with van der Waals surface area (Å²) < 4.78 is 17.1. The largest absolute Gasteiger partial charge is 0.612 e. The molecular formula is C21H24Cl2N2O7S. The number of carbonyl (C=O) groups is 4. The number of esters is 1. The molecule has 3 unspecified atom stereocenters. The third-order valence-corrected chi connectivity index (χ3v) is 6.62. The molecule has 0 saturated carbocycles. The minimum atomic E-state index is -1.56. The smallest absolute Gasteiger partial charge is 0.323 e. The fourth-order valence-electron chi connectivity index (χ4n) is 3.35. The molecular weight excluding hydrogens is 495 g/mol. The Balaban J connectivity index is 2.11. The van der Waals surface area contributed by atoms with E-state index in [9.17, 15) is 23.7 Å². The van der Waals surface area contributed by atoms with Gasteiger partial charge in [-0.2, -0.15) is 0 Å². The van der Waals surface area contributed by atoms with Crippen molar-refractivity contribution >= 4 is 58.1 Å². The number of β-lactam (4-membered cyclic amide) rings is 1. The number of carboxylic acid groups (broad SMARTS) is 1. The summed E-state index contributed by atoms with van der Waals surface area (Å²) in [7, 11) is 0. The van der Waals surface area contributed by atoms with Gasteiger partial charge >= 0.3 is 11.9 Å². The van der Waals surface area contributed by atoms with Gasteiger partial charge in [0.15, 0.2) is 0 Å². The lowest BCUT2D eigenvalue weighted by molar-refractivity contribution is -0.157. The quantitative estimate of drug-likeness (QED) is 0.259. The summed E-state index contributed by atoms with van der Waals surface area (Å²) in [6, 6.07) is 2.86. The summed E-state index contributed by atoms with van der Waals surface area (Å²) in [5.74, 6) is -2.76. The van der Waals surface area contributed by atoms with Crippen LogP contribution in [-0.2, 0) is 41.5 Å². The molecule has 12 heteroatoms. The van der Waals surface area contributed by atoms with Gasteiger partial charge in [-0.05, 0) is 54.4 Å². The van der Waals surface area contributed by atoms with E-state index in [1.54, 1.807) is 26.0 Å². The summed E-state index contributed by atoms with van der Waals surface area (Å²) in [4.78, 5) is 48.8. The predicted octanol–water partition coefficient (Wildman–Crippen LogP) is 1.92. The number of hydrogen-bond acceptors (Lipinski definition) is 6. The molecule has 1 heterocycles. The summed E-state index contributed by atoms with van der Waals surface area (Å²) >= 11 is 10.5. The maximum absolute atomic E-state index is 12.6. The highest BCUT2D eigenvalue weighted by atomic mass is 35.5. The van der Waals surface area contributed by atoms with Crippen LogP contribution in [0.3, 0.4) is 0 Å². The normalized spacial score (nSPS) is 19.0. The zero-order chi connectivity index (χ0) is 24.7. The van der Waals surface area contributed by atoms with Crippen LogP contribution in [-0.4, -0.2) is 69.3 Å². The van der Waals surface area contributed by atoms with Gasteiger partial charge in [-0.1, -0.05) is 23.2 Å². The Morgan fingerprint density at radius 2 is 2.03 bits per heavy atom. The number of benzene rings is 1. The Labute approximate surface area is 204 Å². The molecule has 1 aromatic rings. The topological polar surface area (TPSA) is 136 Å². The molecule has 1 aromatic carbocycles. The molecule has 0 aliphatic carbocycles. The van der Waals surface area contributed by atoms with E-state index in [0.717, 1.165) is 4.90 Å². The first kappa shape index (κ1) is 27.0. The van der Waals surface area contributed by atoms with Crippen molar-refractivity contribution in [2.75, 3.05) is 18.9 Å². The highest BCUT2D eigenvalue weighted by molar-refractivity contribution is 7.94. The Bertz CT molecular complexity index is 957. The van der Waals surface area contributed by atoms with Gasteiger partial charge in [0.25, 0.3) is 0 Å². The molecule has 9 nitrogen and oxygen atoms in total. The molecule has 0 radical (unpaired) electrons. The van der Waals surface area contributed by atoms with Crippen molar-refractivity contribution in [1.29, 1.82) is 0 Å². The number of rotatable bonds is 11. The molecule has 2 rings (SSSR count). The van der Waals surface area contributed by atoms with Crippen LogP contribution in [0.4, 0.5) is 0 Å². The second-order valence-corrected chi connectivity index (χ2v) is 9.51. The molecule has 1 saturated heterocycles. The van der Waals surface area contributed by atoms with Crippen molar-refractivity contribution < 1.29 is 33.6 Å². The minimum absolute atomic E-state index is 0.0140. The summed E-state index contributed by atoms with van der Waals surface area (Å²) in [5, 5.41) is 13.8. The third-order valence-electron chi connectivity index (χ3n) is 4.78. The average Bonchev–Trinajstić information content (AvgIpc) is 2.73. The van der Waals surface area contributed by atoms with Crippen molar-refractivity contribution in [1.82, 2.24) is 10.2 Å². The molecule has 3 atom stereocenters. The summed E-state index contributed by atoms with van der Waals surface area (Å²) in [5.41, 5.74) is 0.906. The van der Waals surface area contributed by atoms with Crippen molar-refractivity contribution in [2.45, 2.75) is 38.8 Å². The van der Waals surface area contributed by atoms with Crippen LogP contribution in [0.15, 0.2) is 29.2 Å². The van der Waals surface area contributed by atoms with Crippen molar-refractivity contribution in [3.8, 4) is 0 Å². The predicted molar refractivity (Wildman–Crippen MR) is 123 cm³/mol. The SMILES string of the molecule is CCOC(=O)CC[S+]([O-])C=C(C)C1C(NC(=O)Cc2cc(Cl)ccc2Cl)C(=O)N1CC(=O)O. The van der Waals surface area contributed by atoms with E-state index in [1.807, 2.05) is 0 Å². The number of aliphatic carboxylic acids is 1. The highest BCUT2D eigenvalue weighted by Crippen LogP contribution is 2.28. The number of hydrogen-bond donors (Lipinski definition) is 2. The lowest BCUT2D eigenvalue weighted by Crippen LogP contribution is -2.71. The van der Waals surface area contributed by atoms with Crippen LogP contribution in [0, 0.1) is 0 Å². The fraction of sp³-hybridized carbons (Fsp3) is 0.429. The van der Waals surface area contributed by atoms with Gasteiger partial charge in [0.1, 0.15) is 23.7 Å². The average molecular weight is 519 g/mol. The molecule has 2 amide bonds. The van der Waals surface area contributed by atoms with E-state index in [1.165, 1.54) is 11.5 Å². The highest BCUT2D eigenvalue weighted by Gasteiger charge is 2.50. The number of carbonyl (C=O) groups excluding carboxylic acids is 3. The first-order chi connectivity index (χ1) is 15.5. The monoisotopic (exact) mass is 518 g/mol. The van der Waals surface area contributed by atoms with Crippen molar-refractivity contribution in [3.05, 3.63) is 44.8 Å². The summed E-state index contributed by atoms with van der Waals surface area (Å²) in [6.45, 7) is 2.90. The van der Waals surface area contributed by atoms with E-state index >= 15 is 0 Å². The minimum Gasteiger partial charge on any atom is -0.612 e. The van der Waals surface area contributed by atoms with Crippen LogP contribution in [0.5, 0.6) is 0 Å². The molecule has 0 bridgehead atoms. The first-order valence-electron chi connectivity index (χ1n) is 10.00. The number of ether oxygens (including phenoxy) is 1. The van der Waals surface area contributed by atoms with E-state index in [4.69, 9.17) is 33.0 Å². The van der Waals surface area contributed by atoms with Crippen LogP contribution in [0.2, 0.25) is 10.0 Å². The molecule has 1 aliphatic heterocycles. The van der Waals surface area contributed by atoms with Gasteiger partial charge in [0.05, 0.1) is 25.5 Å². The second kappa shape index (κ2) is 12.3. The van der Waals surface area contributed by atoms with Crippen LogP contribution >= 0.6 is 23.2 Å². The second-order valence-electron chi connectivity index (χ2n) is 7.26. The van der Waals surface area contributed by atoms with Crippen molar-refractivity contribution in [2.24, 2.45) is 0 Å². The fourth-order valence-corrected chi connectivity index (χ4v) is 4.77. The molecule has 1 aliphatic rings. The third kappa shape index (κ3) is 7.63. The Morgan fingerprint density at radius 1 is 1.33 bits per heavy atom. The molecule has 33 heavy (non-hydrogen) atoms. The van der Waals surface area contributed by atoms with E-state index < -0.39 is 53.6 Å². The van der Waals surface area contributed by atoms with Gasteiger partial charge in [-0.3, -0.25) is 19.2 Å². The maximum Gasteiger partial charge on any atom is 0.323 e. The number of nitrogens with one attached hydrogen (secondary N) is 1. The molecule has 0 aromatic heterocycles. The van der Waals surface area contributed by atoms with E-state index in [0.29, 0.717) is 21.2 Å². The van der Waals surface area contributed by atoms with Gasteiger partial charge in [0, 0.05) is 10.0 Å². The van der Waals surface area contributed by atoms with E-state index in [-0.39, 0.29) is 25.2 Å². The Morgan fingerprint density at radius 3 is 2.67 bits per heavy atom. The molecule has 180 valence electrons.